The zero-order valence-corrected chi connectivity index (χ0v) is 49.8. The van der Waals surface area contributed by atoms with Gasteiger partial charge in [0.15, 0.2) is 6.10 Å². The fourth-order valence-corrected chi connectivity index (χ4v) is 9.24. The molecule has 6 nitrogen and oxygen atoms in total. The Hall–Kier alpha value is -3.15. The molecule has 0 aliphatic carbocycles. The number of unbranched alkanes of at least 4 members (excludes halogenated alkanes) is 36. The molecule has 0 aromatic heterocycles. The van der Waals surface area contributed by atoms with Crippen molar-refractivity contribution in [3.05, 3.63) is 72.9 Å². The number of carbonyl (C=O) groups is 3. The summed E-state index contributed by atoms with van der Waals surface area (Å²) < 4.78 is 16.9. The first-order chi connectivity index (χ1) is 37.0. The second kappa shape index (κ2) is 63.4. The molecule has 0 amide bonds. The van der Waals surface area contributed by atoms with Crippen LogP contribution in [0.1, 0.15) is 329 Å². The van der Waals surface area contributed by atoms with Crippen LogP contribution in [0.2, 0.25) is 0 Å². The number of hydrogen-bond donors (Lipinski definition) is 0. The summed E-state index contributed by atoms with van der Waals surface area (Å²) in [4.78, 5) is 38.3. The molecule has 0 aromatic rings. The van der Waals surface area contributed by atoms with Crippen LogP contribution in [0, 0.1) is 0 Å². The Morgan fingerprint density at radius 1 is 0.267 bits per heavy atom. The van der Waals surface area contributed by atoms with Gasteiger partial charge in [-0.2, -0.15) is 0 Å². The smallest absolute Gasteiger partial charge is 0.306 e. The van der Waals surface area contributed by atoms with Crippen molar-refractivity contribution in [3.63, 3.8) is 0 Å². The highest BCUT2D eigenvalue weighted by molar-refractivity contribution is 5.71. The summed E-state index contributed by atoms with van der Waals surface area (Å²) in [6.45, 7) is 6.62. The van der Waals surface area contributed by atoms with Crippen LogP contribution in [0.4, 0.5) is 0 Å². The van der Waals surface area contributed by atoms with E-state index in [9.17, 15) is 14.4 Å². The minimum atomic E-state index is -0.786. The van der Waals surface area contributed by atoms with Gasteiger partial charge in [-0.05, 0) is 116 Å². The van der Waals surface area contributed by atoms with Crippen LogP contribution in [0.15, 0.2) is 72.9 Å². The Bertz CT molecular complexity index is 1390. The van der Waals surface area contributed by atoms with E-state index in [4.69, 9.17) is 14.2 Å². The van der Waals surface area contributed by atoms with Crippen LogP contribution in [0.3, 0.4) is 0 Å². The highest BCUT2D eigenvalue weighted by atomic mass is 16.6. The van der Waals surface area contributed by atoms with Crippen molar-refractivity contribution in [1.29, 1.82) is 0 Å². The molecule has 0 radical (unpaired) electrons. The van der Waals surface area contributed by atoms with Gasteiger partial charge in [0.25, 0.3) is 0 Å². The van der Waals surface area contributed by atoms with E-state index in [0.717, 1.165) is 89.9 Å². The number of hydrogen-bond acceptors (Lipinski definition) is 6. The lowest BCUT2D eigenvalue weighted by Gasteiger charge is -2.18. The molecular weight excluding hydrogens is 925 g/mol. The molecule has 0 saturated heterocycles. The third kappa shape index (κ3) is 61.6. The Labute approximate surface area is 465 Å². The van der Waals surface area contributed by atoms with E-state index in [-0.39, 0.29) is 31.1 Å². The predicted octanol–water partition coefficient (Wildman–Crippen LogP) is 22.1. The summed E-state index contributed by atoms with van der Waals surface area (Å²) in [6.07, 6.45) is 81.8. The molecule has 0 bridgehead atoms. The highest BCUT2D eigenvalue weighted by Gasteiger charge is 2.19. The molecule has 0 fully saturated rings. The Morgan fingerprint density at radius 3 is 0.787 bits per heavy atom. The van der Waals surface area contributed by atoms with Gasteiger partial charge < -0.3 is 14.2 Å². The van der Waals surface area contributed by atoms with E-state index in [2.05, 4.69) is 93.7 Å². The molecule has 0 aromatic carbocycles. The van der Waals surface area contributed by atoms with Gasteiger partial charge in [0.1, 0.15) is 13.2 Å². The summed E-state index contributed by atoms with van der Waals surface area (Å²) in [6, 6.07) is 0. The van der Waals surface area contributed by atoms with Crippen LogP contribution in [0.5, 0.6) is 0 Å². The van der Waals surface area contributed by atoms with E-state index in [1.807, 2.05) is 0 Å². The van der Waals surface area contributed by atoms with Gasteiger partial charge in [-0.1, -0.05) is 267 Å². The fraction of sp³-hybridized carbons (Fsp3) is 0.783. The zero-order valence-electron chi connectivity index (χ0n) is 49.8. The molecule has 0 saturated carbocycles. The molecule has 0 aliphatic heterocycles. The first-order valence-corrected chi connectivity index (χ1v) is 32.4. The molecular formula is C69H122O6. The molecule has 0 spiro atoms. The lowest BCUT2D eigenvalue weighted by Crippen LogP contribution is -2.30. The predicted molar refractivity (Wildman–Crippen MR) is 325 cm³/mol. The summed E-state index contributed by atoms with van der Waals surface area (Å²) in [5, 5.41) is 0. The van der Waals surface area contributed by atoms with Gasteiger partial charge in [0.2, 0.25) is 0 Å². The van der Waals surface area contributed by atoms with E-state index in [0.29, 0.717) is 19.3 Å². The second-order valence-corrected chi connectivity index (χ2v) is 21.7. The SMILES string of the molecule is CCCCC/C=C\C/C=C\CCCCCCCCCC(=O)OC(COC(=O)CCCCCCCCC/C=C\CCCCCCCC)COC(=O)CCCCCCCCCC/C=C\C/C=C\C/C=C\CCCCCCC. The van der Waals surface area contributed by atoms with Crippen LogP contribution < -0.4 is 0 Å². The van der Waals surface area contributed by atoms with Crippen LogP contribution >= 0.6 is 0 Å². The first-order valence-electron chi connectivity index (χ1n) is 32.4. The van der Waals surface area contributed by atoms with Gasteiger partial charge in [-0.15, -0.1) is 0 Å². The standard InChI is InChI=1S/C69H122O6/c1-4-7-10-13-16-19-22-25-28-31-32-33-34-35-36-39-41-44-47-50-53-56-59-62-68(71)74-65-66(75-69(72)63-60-57-54-51-48-45-42-38-30-27-24-21-18-15-12-9-6-3)64-73-67(70)61-58-55-52-49-46-43-40-37-29-26-23-20-17-14-11-8-5-2/h18,21-22,25-27,29-32,34-35,66H,4-17,19-20,23-24,28,33,36-65H2,1-3H3/b21-18-,25-22-,29-26-,30-27-,32-31-,35-34-. The van der Waals surface area contributed by atoms with Gasteiger partial charge in [-0.3, -0.25) is 14.4 Å². The molecule has 0 N–H and O–H groups in total. The van der Waals surface area contributed by atoms with Crippen molar-refractivity contribution >= 4 is 17.9 Å². The van der Waals surface area contributed by atoms with Crippen molar-refractivity contribution in [2.45, 2.75) is 335 Å². The minimum absolute atomic E-state index is 0.0821. The average Bonchev–Trinajstić information content (AvgIpc) is 3.41. The molecule has 0 aliphatic rings. The maximum atomic E-state index is 12.9. The Balaban J connectivity index is 4.38. The Kier molecular flexibility index (Phi) is 60.7. The van der Waals surface area contributed by atoms with Crippen molar-refractivity contribution in [2.75, 3.05) is 13.2 Å². The third-order valence-electron chi connectivity index (χ3n) is 14.2. The maximum Gasteiger partial charge on any atom is 0.306 e. The summed E-state index contributed by atoms with van der Waals surface area (Å²) in [7, 11) is 0. The van der Waals surface area contributed by atoms with E-state index in [1.54, 1.807) is 0 Å². The quantitative estimate of drug-likeness (QED) is 0.0261. The number of esters is 3. The molecule has 434 valence electrons. The topological polar surface area (TPSA) is 78.9 Å². The van der Waals surface area contributed by atoms with Crippen LogP contribution in [0.25, 0.3) is 0 Å². The van der Waals surface area contributed by atoms with Gasteiger partial charge >= 0.3 is 17.9 Å². The number of rotatable bonds is 59. The van der Waals surface area contributed by atoms with E-state index < -0.39 is 6.10 Å². The van der Waals surface area contributed by atoms with E-state index >= 15 is 0 Å². The lowest BCUT2D eigenvalue weighted by molar-refractivity contribution is -0.167. The average molecular weight is 1050 g/mol. The first kappa shape index (κ1) is 71.8. The monoisotopic (exact) mass is 1050 g/mol. The largest absolute Gasteiger partial charge is 0.462 e. The van der Waals surface area contributed by atoms with E-state index in [1.165, 1.54) is 199 Å². The second-order valence-electron chi connectivity index (χ2n) is 21.7. The fourth-order valence-electron chi connectivity index (χ4n) is 9.24. The van der Waals surface area contributed by atoms with Crippen molar-refractivity contribution in [1.82, 2.24) is 0 Å². The van der Waals surface area contributed by atoms with Crippen LogP contribution in [-0.4, -0.2) is 37.2 Å². The number of allylic oxidation sites excluding steroid dienone is 12. The van der Waals surface area contributed by atoms with Crippen LogP contribution in [-0.2, 0) is 28.6 Å². The number of ether oxygens (including phenoxy) is 3. The normalized spacial score (nSPS) is 12.5. The molecule has 6 heteroatoms. The van der Waals surface area contributed by atoms with Crippen molar-refractivity contribution < 1.29 is 28.6 Å². The highest BCUT2D eigenvalue weighted by Crippen LogP contribution is 2.16. The maximum absolute atomic E-state index is 12.9. The minimum Gasteiger partial charge on any atom is -0.462 e. The van der Waals surface area contributed by atoms with Crippen molar-refractivity contribution in [3.8, 4) is 0 Å². The summed E-state index contributed by atoms with van der Waals surface area (Å²) in [5.41, 5.74) is 0. The van der Waals surface area contributed by atoms with Gasteiger partial charge in [0, 0.05) is 19.3 Å². The summed E-state index contributed by atoms with van der Waals surface area (Å²) in [5.74, 6) is -0.887. The van der Waals surface area contributed by atoms with Gasteiger partial charge in [0.05, 0.1) is 0 Å². The lowest BCUT2D eigenvalue weighted by atomic mass is 10.1. The molecule has 0 rings (SSSR count). The Morgan fingerprint density at radius 2 is 0.480 bits per heavy atom. The zero-order chi connectivity index (χ0) is 54.3. The molecule has 0 heterocycles. The third-order valence-corrected chi connectivity index (χ3v) is 14.2. The summed E-state index contributed by atoms with van der Waals surface area (Å²) >= 11 is 0. The number of carbonyl (C=O) groups excluding carboxylic acids is 3. The molecule has 1 atom stereocenters. The molecule has 75 heavy (non-hydrogen) atoms. The van der Waals surface area contributed by atoms with Gasteiger partial charge in [-0.25, -0.2) is 0 Å². The molecule has 1 unspecified atom stereocenters. The van der Waals surface area contributed by atoms with Crippen molar-refractivity contribution in [2.24, 2.45) is 0 Å².